The second kappa shape index (κ2) is 10.6. The molecule has 120 valence electrons. The van der Waals surface area contributed by atoms with Gasteiger partial charge in [-0.15, -0.1) is 0 Å². The van der Waals surface area contributed by atoms with Gasteiger partial charge in [0.25, 0.3) is 0 Å². The average molecular weight is 292 g/mol. The number of hydrogen-bond acceptors (Lipinski definition) is 4. The quantitative estimate of drug-likeness (QED) is 0.679. The third-order valence-corrected chi connectivity index (χ3v) is 3.92. The highest BCUT2D eigenvalue weighted by molar-refractivity contribution is 5.43. The fourth-order valence-corrected chi connectivity index (χ4v) is 2.54. The van der Waals surface area contributed by atoms with Gasteiger partial charge >= 0.3 is 0 Å². The van der Waals surface area contributed by atoms with Crippen molar-refractivity contribution in [2.24, 2.45) is 0 Å². The molecule has 0 bridgehead atoms. The van der Waals surface area contributed by atoms with Crippen LogP contribution in [0.4, 0.5) is 5.82 Å². The van der Waals surface area contributed by atoms with Crippen LogP contribution in [0.3, 0.4) is 0 Å². The Morgan fingerprint density at radius 1 is 1.00 bits per heavy atom. The van der Waals surface area contributed by atoms with Crippen molar-refractivity contribution in [2.45, 2.75) is 40.7 Å². The van der Waals surface area contributed by atoms with Crippen LogP contribution in [-0.4, -0.2) is 54.1 Å². The van der Waals surface area contributed by atoms with Crippen molar-refractivity contribution in [3.8, 4) is 0 Å². The summed E-state index contributed by atoms with van der Waals surface area (Å²) in [7, 11) is 0. The molecule has 0 unspecified atom stereocenters. The molecule has 0 aliphatic carbocycles. The van der Waals surface area contributed by atoms with Crippen molar-refractivity contribution in [1.29, 1.82) is 0 Å². The second-order valence-corrected chi connectivity index (χ2v) is 5.29. The minimum absolute atomic E-state index is 0.915. The van der Waals surface area contributed by atoms with Crippen LogP contribution < -0.4 is 5.32 Å². The lowest BCUT2D eigenvalue weighted by Crippen LogP contribution is -2.30. The molecular formula is C17H32N4. The molecule has 0 saturated carbocycles. The summed E-state index contributed by atoms with van der Waals surface area (Å²) in [5, 5.41) is 3.35. The molecule has 4 heteroatoms. The topological polar surface area (TPSA) is 31.4 Å². The van der Waals surface area contributed by atoms with E-state index in [1.807, 2.05) is 12.3 Å². The van der Waals surface area contributed by atoms with Gasteiger partial charge in [-0.3, -0.25) is 4.90 Å². The number of nitrogens with zero attached hydrogens (tertiary/aromatic N) is 3. The van der Waals surface area contributed by atoms with Crippen molar-refractivity contribution >= 4 is 5.82 Å². The van der Waals surface area contributed by atoms with Crippen LogP contribution in [0, 0.1) is 0 Å². The van der Waals surface area contributed by atoms with Crippen LogP contribution >= 0.6 is 0 Å². The zero-order valence-corrected chi connectivity index (χ0v) is 14.2. The van der Waals surface area contributed by atoms with Crippen molar-refractivity contribution in [3.05, 3.63) is 23.9 Å². The Morgan fingerprint density at radius 3 is 2.29 bits per heavy atom. The van der Waals surface area contributed by atoms with Gasteiger partial charge in [0.2, 0.25) is 0 Å². The van der Waals surface area contributed by atoms with E-state index in [0.29, 0.717) is 0 Å². The number of anilines is 1. The molecule has 0 saturated heterocycles. The maximum atomic E-state index is 4.44. The predicted octanol–water partition coefficient (Wildman–Crippen LogP) is 3.07. The molecule has 4 nitrogen and oxygen atoms in total. The molecule has 0 aliphatic heterocycles. The first-order chi connectivity index (χ1) is 10.2. The summed E-state index contributed by atoms with van der Waals surface area (Å²) in [5.74, 6) is 1.03. The molecule has 0 radical (unpaired) electrons. The summed E-state index contributed by atoms with van der Waals surface area (Å²) < 4.78 is 0. The second-order valence-electron chi connectivity index (χ2n) is 5.29. The molecule has 0 atom stereocenters. The Labute approximate surface area is 130 Å². The lowest BCUT2D eigenvalue weighted by molar-refractivity contribution is 0.238. The lowest BCUT2D eigenvalue weighted by atomic mass is 10.2. The largest absolute Gasteiger partial charge is 0.370 e. The smallest absolute Gasteiger partial charge is 0.130 e. The molecule has 1 rings (SSSR count). The highest BCUT2D eigenvalue weighted by atomic mass is 15.1. The molecule has 21 heavy (non-hydrogen) atoms. The monoisotopic (exact) mass is 292 g/mol. The van der Waals surface area contributed by atoms with Crippen LogP contribution in [0.25, 0.3) is 0 Å². The molecule has 0 fully saturated rings. The SMILES string of the molecule is CCNc1ncccc1CN(CC)CCCN(CC)CC. The van der Waals surface area contributed by atoms with E-state index in [1.54, 1.807) is 0 Å². The van der Waals surface area contributed by atoms with Crippen LogP contribution in [0.1, 0.15) is 39.7 Å². The fourth-order valence-electron chi connectivity index (χ4n) is 2.54. The van der Waals surface area contributed by atoms with Crippen LogP contribution in [0.5, 0.6) is 0 Å². The maximum absolute atomic E-state index is 4.44. The number of pyridine rings is 1. The zero-order chi connectivity index (χ0) is 15.5. The van der Waals surface area contributed by atoms with Gasteiger partial charge in [0.1, 0.15) is 5.82 Å². The average Bonchev–Trinajstić information content (AvgIpc) is 2.52. The molecule has 1 aromatic heterocycles. The molecule has 0 aromatic carbocycles. The van der Waals surface area contributed by atoms with Gasteiger partial charge in [-0.1, -0.05) is 26.8 Å². The van der Waals surface area contributed by atoms with Gasteiger partial charge in [-0.25, -0.2) is 4.98 Å². The standard InChI is InChI=1S/C17H32N4/c1-5-18-17-16(11-9-12-19-17)15-21(8-4)14-10-13-20(6-2)7-3/h9,11-12H,5-8,10,13-15H2,1-4H3,(H,18,19). The van der Waals surface area contributed by atoms with Crippen LogP contribution in [-0.2, 0) is 6.54 Å². The Kier molecular flexibility index (Phi) is 9.02. The number of nitrogens with one attached hydrogen (secondary N) is 1. The minimum Gasteiger partial charge on any atom is -0.370 e. The molecule has 0 amide bonds. The molecular weight excluding hydrogens is 260 g/mol. The normalized spacial score (nSPS) is 11.3. The lowest BCUT2D eigenvalue weighted by Gasteiger charge is -2.24. The van der Waals surface area contributed by atoms with Crippen molar-refractivity contribution in [3.63, 3.8) is 0 Å². The van der Waals surface area contributed by atoms with E-state index in [-0.39, 0.29) is 0 Å². The van der Waals surface area contributed by atoms with E-state index < -0.39 is 0 Å². The van der Waals surface area contributed by atoms with Crippen LogP contribution in [0.15, 0.2) is 18.3 Å². The highest BCUT2D eigenvalue weighted by Crippen LogP contribution is 2.14. The zero-order valence-electron chi connectivity index (χ0n) is 14.2. The number of hydrogen-bond donors (Lipinski definition) is 1. The van der Waals surface area contributed by atoms with Gasteiger partial charge in [-0.05, 0) is 52.1 Å². The van der Waals surface area contributed by atoms with E-state index in [9.17, 15) is 0 Å². The minimum atomic E-state index is 0.915. The summed E-state index contributed by atoms with van der Waals surface area (Å²) in [6.45, 7) is 16.4. The van der Waals surface area contributed by atoms with Gasteiger partial charge in [-0.2, -0.15) is 0 Å². The summed E-state index contributed by atoms with van der Waals surface area (Å²) in [5.41, 5.74) is 1.30. The number of aromatic nitrogens is 1. The first-order valence-electron chi connectivity index (χ1n) is 8.37. The molecule has 1 aromatic rings. The summed E-state index contributed by atoms with van der Waals surface area (Å²) in [6.07, 6.45) is 3.09. The van der Waals surface area contributed by atoms with Gasteiger partial charge in [0.15, 0.2) is 0 Å². The molecule has 1 N–H and O–H groups in total. The van der Waals surface area contributed by atoms with Crippen molar-refractivity contribution < 1.29 is 0 Å². The Balaban J connectivity index is 2.50. The van der Waals surface area contributed by atoms with E-state index in [1.165, 1.54) is 18.5 Å². The summed E-state index contributed by atoms with van der Waals surface area (Å²) in [6, 6.07) is 4.21. The van der Waals surface area contributed by atoms with Crippen molar-refractivity contribution in [2.75, 3.05) is 44.6 Å². The van der Waals surface area contributed by atoms with E-state index in [4.69, 9.17) is 0 Å². The van der Waals surface area contributed by atoms with E-state index in [0.717, 1.165) is 45.1 Å². The van der Waals surface area contributed by atoms with Gasteiger partial charge in [0, 0.05) is 24.8 Å². The number of rotatable bonds is 11. The maximum Gasteiger partial charge on any atom is 0.130 e. The summed E-state index contributed by atoms with van der Waals surface area (Å²) in [4.78, 5) is 9.43. The molecule has 0 aliphatic rings. The molecule has 1 heterocycles. The Morgan fingerprint density at radius 2 is 1.67 bits per heavy atom. The van der Waals surface area contributed by atoms with E-state index >= 15 is 0 Å². The molecule has 0 spiro atoms. The highest BCUT2D eigenvalue weighted by Gasteiger charge is 2.08. The van der Waals surface area contributed by atoms with Gasteiger partial charge in [0.05, 0.1) is 0 Å². The first kappa shape index (κ1) is 17.9. The predicted molar refractivity (Wildman–Crippen MR) is 91.8 cm³/mol. The van der Waals surface area contributed by atoms with Crippen LogP contribution in [0.2, 0.25) is 0 Å². The van der Waals surface area contributed by atoms with Crippen molar-refractivity contribution in [1.82, 2.24) is 14.8 Å². The van der Waals surface area contributed by atoms with E-state index in [2.05, 4.69) is 53.9 Å². The first-order valence-corrected chi connectivity index (χ1v) is 8.37. The summed E-state index contributed by atoms with van der Waals surface area (Å²) >= 11 is 0. The Hall–Kier alpha value is -1.13. The third kappa shape index (κ3) is 6.44. The Bertz CT molecular complexity index is 377. The van der Waals surface area contributed by atoms with Gasteiger partial charge < -0.3 is 10.2 Å². The fraction of sp³-hybridized carbons (Fsp3) is 0.706. The third-order valence-electron chi connectivity index (χ3n) is 3.92.